The van der Waals surface area contributed by atoms with Gasteiger partial charge in [0.05, 0.1) is 11.0 Å². The van der Waals surface area contributed by atoms with Crippen molar-refractivity contribution >= 4 is 11.6 Å². The molecular weight excluding hydrogens is 254 g/mol. The fourth-order valence-corrected chi connectivity index (χ4v) is 1.62. The van der Waals surface area contributed by atoms with E-state index in [0.717, 1.165) is 6.07 Å². The van der Waals surface area contributed by atoms with Crippen LogP contribution in [0.2, 0.25) is 0 Å². The first-order valence-electron chi connectivity index (χ1n) is 5.42. The molecule has 6 N–H and O–H groups in total. The lowest BCUT2D eigenvalue weighted by Gasteiger charge is -2.29. The fourth-order valence-electron chi connectivity index (χ4n) is 1.62. The molecule has 0 heterocycles. The normalized spacial score (nSPS) is 15.5. The number of hydrogen-bond donors (Lipinski definition) is 4. The van der Waals surface area contributed by atoms with Gasteiger partial charge in [-0.15, -0.1) is 0 Å². The van der Waals surface area contributed by atoms with Gasteiger partial charge in [0.2, 0.25) is 5.91 Å². The van der Waals surface area contributed by atoms with Crippen LogP contribution < -0.4 is 11.5 Å². The summed E-state index contributed by atoms with van der Waals surface area (Å²) >= 11 is 0. The number of rotatable bonds is 5. The molecule has 0 aliphatic carbocycles. The van der Waals surface area contributed by atoms with E-state index in [-0.39, 0.29) is 12.0 Å². The second-order valence-electron chi connectivity index (χ2n) is 4.30. The van der Waals surface area contributed by atoms with Crippen LogP contribution in [0.1, 0.15) is 12.5 Å². The average molecular weight is 269 g/mol. The van der Waals surface area contributed by atoms with Gasteiger partial charge >= 0.3 is 5.69 Å². The monoisotopic (exact) mass is 269 g/mol. The third kappa shape index (κ3) is 2.80. The zero-order valence-electron chi connectivity index (χ0n) is 10.2. The summed E-state index contributed by atoms with van der Waals surface area (Å²) in [4.78, 5) is 21.2. The number of nitro groups is 1. The summed E-state index contributed by atoms with van der Waals surface area (Å²) in [6, 6.07) is 3.83. The molecule has 0 radical (unpaired) electrons. The summed E-state index contributed by atoms with van der Waals surface area (Å²) in [5, 5.41) is 30.0. The Labute approximate surface area is 108 Å². The third-order valence-electron chi connectivity index (χ3n) is 2.98. The molecule has 1 rings (SSSR count). The van der Waals surface area contributed by atoms with Gasteiger partial charge in [0, 0.05) is 18.1 Å². The van der Waals surface area contributed by atoms with Gasteiger partial charge in [-0.05, 0) is 6.92 Å². The van der Waals surface area contributed by atoms with E-state index in [0.29, 0.717) is 0 Å². The van der Waals surface area contributed by atoms with Crippen LogP contribution in [0.5, 0.6) is 5.75 Å². The number of hydrogen-bond acceptors (Lipinski definition) is 6. The summed E-state index contributed by atoms with van der Waals surface area (Å²) in [7, 11) is 0. The molecule has 0 aliphatic heterocycles. The maximum Gasteiger partial charge on any atom is 0.310 e. The second-order valence-corrected chi connectivity index (χ2v) is 4.30. The first kappa shape index (κ1) is 14.9. The summed E-state index contributed by atoms with van der Waals surface area (Å²) < 4.78 is 0. The van der Waals surface area contributed by atoms with E-state index in [1.807, 2.05) is 0 Å². The number of para-hydroxylation sites is 1. The minimum absolute atomic E-state index is 0.0661. The highest BCUT2D eigenvalue weighted by atomic mass is 16.6. The quantitative estimate of drug-likeness (QED) is 0.414. The maximum atomic E-state index is 11.3. The number of amides is 1. The van der Waals surface area contributed by atoms with E-state index in [2.05, 4.69) is 0 Å². The highest BCUT2D eigenvalue weighted by Gasteiger charge is 2.38. The van der Waals surface area contributed by atoms with E-state index in [4.69, 9.17) is 11.5 Å². The van der Waals surface area contributed by atoms with Gasteiger partial charge in [0.25, 0.3) is 0 Å². The fraction of sp³-hybridized carbons (Fsp3) is 0.364. The Morgan fingerprint density at radius 3 is 2.58 bits per heavy atom. The molecule has 0 saturated heterocycles. The van der Waals surface area contributed by atoms with Crippen LogP contribution in [0, 0.1) is 10.1 Å². The van der Waals surface area contributed by atoms with Gasteiger partial charge in [-0.3, -0.25) is 14.9 Å². The predicted octanol–water partition coefficient (Wildman–Crippen LogP) is -0.594. The number of phenols is 1. The van der Waals surface area contributed by atoms with Crippen LogP contribution in [-0.4, -0.2) is 32.7 Å². The largest absolute Gasteiger partial charge is 0.502 e. The van der Waals surface area contributed by atoms with E-state index in [9.17, 15) is 25.1 Å². The Kier molecular flexibility index (Phi) is 4.07. The molecule has 0 bridgehead atoms. The number of primary amides is 1. The van der Waals surface area contributed by atoms with Crippen molar-refractivity contribution in [3.05, 3.63) is 33.9 Å². The van der Waals surface area contributed by atoms with Gasteiger partial charge < -0.3 is 21.7 Å². The minimum Gasteiger partial charge on any atom is -0.502 e. The van der Waals surface area contributed by atoms with Crippen molar-refractivity contribution in [2.75, 3.05) is 0 Å². The lowest BCUT2D eigenvalue weighted by molar-refractivity contribution is -0.385. The SMILES string of the molecule is C[C@@H](O)[C@@](N)(Cc1cccc([N+](=O)[O-])c1O)C(N)=O. The highest BCUT2D eigenvalue weighted by Crippen LogP contribution is 2.31. The number of aliphatic hydroxyl groups excluding tert-OH is 1. The van der Waals surface area contributed by atoms with Gasteiger partial charge in [0.1, 0.15) is 5.54 Å². The number of aromatic hydroxyl groups is 1. The summed E-state index contributed by atoms with van der Waals surface area (Å²) in [5.74, 6) is -1.56. The molecule has 8 nitrogen and oxygen atoms in total. The minimum atomic E-state index is -1.81. The number of nitrogens with two attached hydrogens (primary N) is 2. The molecule has 0 aliphatic rings. The number of aliphatic hydroxyl groups is 1. The molecule has 0 aromatic heterocycles. The Morgan fingerprint density at radius 2 is 2.16 bits per heavy atom. The van der Waals surface area contributed by atoms with Gasteiger partial charge in [-0.2, -0.15) is 0 Å². The highest BCUT2D eigenvalue weighted by molar-refractivity contribution is 5.85. The number of nitrogens with zero attached hydrogens (tertiary/aromatic N) is 1. The first-order chi connectivity index (χ1) is 8.70. The lowest BCUT2D eigenvalue weighted by Crippen LogP contribution is -2.60. The molecule has 8 heteroatoms. The summed E-state index contributed by atoms with van der Waals surface area (Å²) in [6.45, 7) is 1.28. The van der Waals surface area contributed by atoms with Crippen LogP contribution in [0.15, 0.2) is 18.2 Å². The van der Waals surface area contributed by atoms with Gasteiger partial charge in [0.15, 0.2) is 5.75 Å². The Morgan fingerprint density at radius 1 is 1.58 bits per heavy atom. The second kappa shape index (κ2) is 5.21. The van der Waals surface area contributed by atoms with E-state index in [1.54, 1.807) is 0 Å². The van der Waals surface area contributed by atoms with Gasteiger partial charge in [-0.25, -0.2) is 0 Å². The molecule has 1 aromatic carbocycles. The molecule has 0 fully saturated rings. The molecule has 2 atom stereocenters. The average Bonchev–Trinajstić information content (AvgIpc) is 2.30. The predicted molar refractivity (Wildman–Crippen MR) is 66.3 cm³/mol. The number of nitro benzene ring substituents is 1. The number of benzene rings is 1. The van der Waals surface area contributed by atoms with Crippen molar-refractivity contribution < 1.29 is 19.9 Å². The first-order valence-corrected chi connectivity index (χ1v) is 5.42. The van der Waals surface area contributed by atoms with Crippen molar-refractivity contribution in [1.82, 2.24) is 0 Å². The molecular formula is C11H15N3O5. The lowest BCUT2D eigenvalue weighted by atomic mass is 9.86. The molecule has 0 unspecified atom stereocenters. The molecule has 104 valence electrons. The summed E-state index contributed by atoms with van der Waals surface area (Å²) in [5.41, 5.74) is 8.58. The Bertz CT molecular complexity index is 517. The van der Waals surface area contributed by atoms with Crippen LogP contribution in [0.25, 0.3) is 0 Å². The van der Waals surface area contributed by atoms with Crippen LogP contribution >= 0.6 is 0 Å². The van der Waals surface area contributed by atoms with Gasteiger partial charge in [-0.1, -0.05) is 12.1 Å². The van der Waals surface area contributed by atoms with E-state index in [1.165, 1.54) is 19.1 Å². The Balaban J connectivity index is 3.22. The maximum absolute atomic E-state index is 11.3. The van der Waals surface area contributed by atoms with Crippen molar-refractivity contribution in [2.45, 2.75) is 25.0 Å². The zero-order valence-corrected chi connectivity index (χ0v) is 10.2. The smallest absolute Gasteiger partial charge is 0.310 e. The van der Waals surface area contributed by atoms with E-state index < -0.39 is 33.9 Å². The summed E-state index contributed by atoms with van der Waals surface area (Å²) in [6.07, 6.45) is -1.59. The molecule has 19 heavy (non-hydrogen) atoms. The number of carbonyl (C=O) groups is 1. The number of carbonyl (C=O) groups excluding carboxylic acids is 1. The topological polar surface area (TPSA) is 153 Å². The van der Waals surface area contributed by atoms with Crippen LogP contribution in [0.3, 0.4) is 0 Å². The zero-order chi connectivity index (χ0) is 14.8. The standard InChI is InChI=1S/C11H15N3O5/c1-6(15)11(13,10(12)17)5-7-3-2-4-8(9(7)16)14(18)19/h2-4,6,15-16H,5,13H2,1H3,(H2,12,17)/t6-,11+/m1/s1. The van der Waals surface area contributed by atoms with E-state index >= 15 is 0 Å². The molecule has 1 aromatic rings. The van der Waals surface area contributed by atoms with Crippen LogP contribution in [-0.2, 0) is 11.2 Å². The van der Waals surface area contributed by atoms with Crippen LogP contribution in [0.4, 0.5) is 5.69 Å². The van der Waals surface area contributed by atoms with Crippen molar-refractivity contribution in [2.24, 2.45) is 11.5 Å². The molecule has 0 spiro atoms. The number of phenolic OH excluding ortho intramolecular Hbond substituents is 1. The van der Waals surface area contributed by atoms with Crippen molar-refractivity contribution in [1.29, 1.82) is 0 Å². The third-order valence-corrected chi connectivity index (χ3v) is 2.98. The Hall–Kier alpha value is -2.19. The molecule has 1 amide bonds. The van der Waals surface area contributed by atoms with Crippen molar-refractivity contribution in [3.63, 3.8) is 0 Å². The van der Waals surface area contributed by atoms with Crippen molar-refractivity contribution in [3.8, 4) is 5.75 Å². The molecule has 0 saturated carbocycles.